The first kappa shape index (κ1) is 14.4. The van der Waals surface area contributed by atoms with Crippen LogP contribution < -0.4 is 4.74 Å². The molecule has 1 heterocycles. The fourth-order valence-corrected chi connectivity index (χ4v) is 1.68. The standard InChI is InChI=1S/C15H13NO5/c1-20-9-13(15(18)19)12-6-3-7-16-14(12)21-11-5-2-4-10(17)8-11/h2-9,17H,1H3,(H,18,19)/b13-9-. The van der Waals surface area contributed by atoms with Gasteiger partial charge in [0.25, 0.3) is 0 Å². The molecule has 0 aliphatic heterocycles. The van der Waals surface area contributed by atoms with Crippen molar-refractivity contribution in [2.24, 2.45) is 0 Å². The Hall–Kier alpha value is -3.02. The number of benzene rings is 1. The quantitative estimate of drug-likeness (QED) is 0.649. The Morgan fingerprint density at radius 2 is 2.10 bits per heavy atom. The van der Waals surface area contributed by atoms with Gasteiger partial charge in [-0.15, -0.1) is 0 Å². The van der Waals surface area contributed by atoms with Crippen LogP contribution >= 0.6 is 0 Å². The molecule has 108 valence electrons. The predicted octanol–water partition coefficient (Wildman–Crippen LogP) is 2.65. The Bertz CT molecular complexity index is 681. The molecule has 0 atom stereocenters. The summed E-state index contributed by atoms with van der Waals surface area (Å²) in [5.41, 5.74) is 0.191. The highest BCUT2D eigenvalue weighted by Crippen LogP contribution is 2.29. The number of pyridine rings is 1. The predicted molar refractivity (Wildman–Crippen MR) is 75.0 cm³/mol. The number of ether oxygens (including phenoxy) is 2. The van der Waals surface area contributed by atoms with Crippen LogP contribution in [-0.4, -0.2) is 28.3 Å². The molecular formula is C15H13NO5. The summed E-state index contributed by atoms with van der Waals surface area (Å²) in [6, 6.07) is 9.29. The summed E-state index contributed by atoms with van der Waals surface area (Å²) in [5.74, 6) is -0.674. The highest BCUT2D eigenvalue weighted by atomic mass is 16.5. The zero-order valence-corrected chi connectivity index (χ0v) is 11.2. The number of carbonyl (C=O) groups is 1. The number of methoxy groups -OCH3 is 1. The number of carboxylic acid groups (broad SMARTS) is 1. The van der Waals surface area contributed by atoms with Gasteiger partial charge in [0.05, 0.1) is 18.9 Å². The van der Waals surface area contributed by atoms with Crippen LogP contribution in [0.15, 0.2) is 48.9 Å². The lowest BCUT2D eigenvalue weighted by Gasteiger charge is -2.10. The molecule has 21 heavy (non-hydrogen) atoms. The van der Waals surface area contributed by atoms with Gasteiger partial charge in [-0.05, 0) is 24.3 Å². The van der Waals surface area contributed by atoms with E-state index in [9.17, 15) is 15.0 Å². The lowest BCUT2D eigenvalue weighted by atomic mass is 10.1. The lowest BCUT2D eigenvalue weighted by Crippen LogP contribution is -2.03. The van der Waals surface area contributed by atoms with Crippen LogP contribution in [0.4, 0.5) is 0 Å². The van der Waals surface area contributed by atoms with E-state index in [1.54, 1.807) is 24.3 Å². The van der Waals surface area contributed by atoms with Gasteiger partial charge in [0.1, 0.15) is 17.1 Å². The van der Waals surface area contributed by atoms with Crippen LogP contribution in [0, 0.1) is 0 Å². The highest BCUT2D eigenvalue weighted by Gasteiger charge is 2.17. The van der Waals surface area contributed by atoms with E-state index in [0.29, 0.717) is 5.75 Å². The van der Waals surface area contributed by atoms with Crippen molar-refractivity contribution in [2.75, 3.05) is 7.11 Å². The third-order valence-corrected chi connectivity index (χ3v) is 2.56. The van der Waals surface area contributed by atoms with Crippen molar-refractivity contribution in [3.05, 3.63) is 54.4 Å². The van der Waals surface area contributed by atoms with Crippen molar-refractivity contribution in [1.82, 2.24) is 4.98 Å². The van der Waals surface area contributed by atoms with Crippen molar-refractivity contribution in [3.63, 3.8) is 0 Å². The Balaban J connectivity index is 2.41. The first-order chi connectivity index (χ1) is 10.1. The SMILES string of the molecule is CO/C=C(\C(=O)O)c1cccnc1Oc1cccc(O)c1. The molecular weight excluding hydrogens is 274 g/mol. The summed E-state index contributed by atoms with van der Waals surface area (Å²) in [7, 11) is 1.36. The van der Waals surface area contributed by atoms with Gasteiger partial charge in [0.15, 0.2) is 0 Å². The largest absolute Gasteiger partial charge is 0.508 e. The van der Waals surface area contributed by atoms with Gasteiger partial charge in [0.2, 0.25) is 5.88 Å². The molecule has 0 fully saturated rings. The van der Waals surface area contributed by atoms with Gasteiger partial charge in [-0.1, -0.05) is 6.07 Å². The molecule has 1 aromatic heterocycles. The molecule has 0 bridgehead atoms. The van der Waals surface area contributed by atoms with E-state index in [4.69, 9.17) is 9.47 Å². The Morgan fingerprint density at radius 1 is 1.29 bits per heavy atom. The Morgan fingerprint density at radius 3 is 2.76 bits per heavy atom. The zero-order valence-electron chi connectivity index (χ0n) is 11.2. The van der Waals surface area contributed by atoms with E-state index in [2.05, 4.69) is 4.98 Å². The molecule has 1 aromatic carbocycles. The minimum absolute atomic E-state index is 0.0378. The maximum absolute atomic E-state index is 11.3. The summed E-state index contributed by atoms with van der Waals surface area (Å²) in [4.78, 5) is 15.3. The average molecular weight is 287 g/mol. The van der Waals surface area contributed by atoms with E-state index in [-0.39, 0.29) is 22.8 Å². The molecule has 0 saturated heterocycles. The molecule has 0 saturated carbocycles. The molecule has 6 heteroatoms. The molecule has 2 aromatic rings. The van der Waals surface area contributed by atoms with E-state index in [1.807, 2.05) is 0 Å². The lowest BCUT2D eigenvalue weighted by molar-refractivity contribution is -0.130. The number of aromatic nitrogens is 1. The second kappa shape index (κ2) is 6.42. The molecule has 0 aliphatic carbocycles. The molecule has 0 aliphatic rings. The van der Waals surface area contributed by atoms with Crippen LogP contribution in [0.25, 0.3) is 5.57 Å². The number of aromatic hydroxyl groups is 1. The second-order valence-electron chi connectivity index (χ2n) is 4.03. The third kappa shape index (κ3) is 3.50. The number of hydrogen-bond donors (Lipinski definition) is 2. The minimum Gasteiger partial charge on any atom is -0.508 e. The van der Waals surface area contributed by atoms with Crippen molar-refractivity contribution >= 4 is 11.5 Å². The van der Waals surface area contributed by atoms with Crippen molar-refractivity contribution in [3.8, 4) is 17.4 Å². The summed E-state index contributed by atoms with van der Waals surface area (Å²) in [5, 5.41) is 18.6. The van der Waals surface area contributed by atoms with Gasteiger partial charge in [-0.2, -0.15) is 0 Å². The summed E-state index contributed by atoms with van der Waals surface area (Å²) in [6.07, 6.45) is 2.59. The number of nitrogens with zero attached hydrogens (tertiary/aromatic N) is 1. The molecule has 0 radical (unpaired) electrons. The van der Waals surface area contributed by atoms with Gasteiger partial charge < -0.3 is 19.7 Å². The van der Waals surface area contributed by atoms with E-state index in [1.165, 1.54) is 25.4 Å². The van der Waals surface area contributed by atoms with Gasteiger partial charge in [0, 0.05) is 12.3 Å². The van der Waals surface area contributed by atoms with Crippen molar-refractivity contribution in [1.29, 1.82) is 0 Å². The summed E-state index contributed by atoms with van der Waals surface area (Å²) in [6.45, 7) is 0. The second-order valence-corrected chi connectivity index (χ2v) is 4.03. The van der Waals surface area contributed by atoms with E-state index in [0.717, 1.165) is 6.26 Å². The maximum atomic E-state index is 11.3. The van der Waals surface area contributed by atoms with Crippen LogP contribution in [0.5, 0.6) is 17.4 Å². The molecule has 0 unspecified atom stereocenters. The smallest absolute Gasteiger partial charge is 0.339 e. The molecule has 0 spiro atoms. The summed E-state index contributed by atoms with van der Waals surface area (Å²) < 4.78 is 10.3. The number of hydrogen-bond acceptors (Lipinski definition) is 5. The van der Waals surface area contributed by atoms with Gasteiger partial charge >= 0.3 is 5.97 Å². The van der Waals surface area contributed by atoms with Crippen LogP contribution in [0.2, 0.25) is 0 Å². The maximum Gasteiger partial charge on any atom is 0.339 e. The number of aliphatic carboxylic acids is 1. The molecule has 0 amide bonds. The fraction of sp³-hybridized carbons (Fsp3) is 0.0667. The van der Waals surface area contributed by atoms with Crippen molar-refractivity contribution in [2.45, 2.75) is 0 Å². The van der Waals surface area contributed by atoms with E-state index >= 15 is 0 Å². The number of carboxylic acids is 1. The monoisotopic (exact) mass is 287 g/mol. The minimum atomic E-state index is -1.16. The topological polar surface area (TPSA) is 88.9 Å². The van der Waals surface area contributed by atoms with Crippen LogP contribution in [-0.2, 0) is 9.53 Å². The van der Waals surface area contributed by atoms with Gasteiger partial charge in [-0.25, -0.2) is 9.78 Å². The Labute approximate surface area is 120 Å². The molecule has 6 nitrogen and oxygen atoms in total. The fourth-order valence-electron chi connectivity index (χ4n) is 1.68. The number of phenolic OH excluding ortho intramolecular Hbond substituents is 1. The first-order valence-corrected chi connectivity index (χ1v) is 6.00. The first-order valence-electron chi connectivity index (χ1n) is 6.00. The molecule has 2 rings (SSSR count). The zero-order chi connectivity index (χ0) is 15.2. The van der Waals surface area contributed by atoms with Crippen molar-refractivity contribution < 1.29 is 24.5 Å². The average Bonchev–Trinajstić information content (AvgIpc) is 2.45. The third-order valence-electron chi connectivity index (χ3n) is 2.56. The highest BCUT2D eigenvalue weighted by molar-refractivity contribution is 6.15. The number of phenols is 1. The number of rotatable bonds is 5. The van der Waals surface area contributed by atoms with Crippen LogP contribution in [0.1, 0.15) is 5.56 Å². The molecule has 2 N–H and O–H groups in total. The summed E-state index contributed by atoms with van der Waals surface area (Å²) >= 11 is 0. The van der Waals surface area contributed by atoms with Crippen LogP contribution in [0.3, 0.4) is 0 Å². The Kier molecular flexibility index (Phi) is 4.40. The normalized spacial score (nSPS) is 11.0. The van der Waals surface area contributed by atoms with E-state index < -0.39 is 5.97 Å². The van der Waals surface area contributed by atoms with Gasteiger partial charge in [-0.3, -0.25) is 0 Å².